The van der Waals surface area contributed by atoms with Gasteiger partial charge in [0.15, 0.2) is 46.4 Å². The number of rotatable bonds is 8. The highest BCUT2D eigenvalue weighted by molar-refractivity contribution is 6.06. The third-order valence-electron chi connectivity index (χ3n) is 9.03. The molecular formula is C38H26F6N2O7. The van der Waals surface area contributed by atoms with Crippen LogP contribution in [0.15, 0.2) is 60.7 Å². The minimum absolute atomic E-state index is 0.0108. The molecule has 0 saturated heterocycles. The van der Waals surface area contributed by atoms with Crippen molar-refractivity contribution in [1.82, 2.24) is 9.13 Å². The Morgan fingerprint density at radius 1 is 0.679 bits per heavy atom. The van der Waals surface area contributed by atoms with Crippen LogP contribution in [0.5, 0.6) is 11.5 Å². The Kier molecular flexibility index (Phi) is 9.37. The maximum Gasteiger partial charge on any atom is 0.318 e. The number of phenolic OH excluding ortho intramolecular Hbond substituents is 1. The summed E-state index contributed by atoms with van der Waals surface area (Å²) in [6, 6.07) is 8.35. The minimum Gasteiger partial charge on any atom is -0.505 e. The molecule has 0 spiro atoms. The number of ether oxygens (including phenoxy) is 1. The Morgan fingerprint density at radius 3 is 1.74 bits per heavy atom. The van der Waals surface area contributed by atoms with Crippen molar-refractivity contribution >= 4 is 45.6 Å². The van der Waals surface area contributed by atoms with E-state index in [1.54, 1.807) is 6.92 Å². The van der Waals surface area contributed by atoms with E-state index in [4.69, 9.17) is 4.74 Å². The number of benzene rings is 4. The highest BCUT2D eigenvalue weighted by Crippen LogP contribution is 2.39. The van der Waals surface area contributed by atoms with Gasteiger partial charge in [0.1, 0.15) is 0 Å². The van der Waals surface area contributed by atoms with Crippen molar-refractivity contribution in [3.63, 3.8) is 0 Å². The van der Waals surface area contributed by atoms with Crippen LogP contribution < -0.4 is 4.74 Å². The summed E-state index contributed by atoms with van der Waals surface area (Å²) in [5.41, 5.74) is -0.786. The molecule has 0 radical (unpaired) electrons. The lowest BCUT2D eigenvalue weighted by Gasteiger charge is -2.16. The average molecular weight is 737 g/mol. The minimum atomic E-state index is -1.33. The van der Waals surface area contributed by atoms with Crippen LogP contribution in [0.1, 0.15) is 62.5 Å². The van der Waals surface area contributed by atoms with E-state index in [1.165, 1.54) is 13.8 Å². The van der Waals surface area contributed by atoms with Gasteiger partial charge in [-0.1, -0.05) is 6.92 Å². The van der Waals surface area contributed by atoms with E-state index in [0.717, 1.165) is 57.7 Å². The van der Waals surface area contributed by atoms with E-state index in [0.29, 0.717) is 12.1 Å². The first-order valence-electron chi connectivity index (χ1n) is 15.8. The van der Waals surface area contributed by atoms with Crippen LogP contribution in [0.4, 0.5) is 26.3 Å². The summed E-state index contributed by atoms with van der Waals surface area (Å²) in [6.07, 6.45) is -0.718. The normalized spacial score (nSPS) is 12.0. The second-order valence-electron chi connectivity index (χ2n) is 12.2. The van der Waals surface area contributed by atoms with Crippen molar-refractivity contribution in [2.45, 2.75) is 39.5 Å². The smallest absolute Gasteiger partial charge is 0.318 e. The predicted octanol–water partition coefficient (Wildman–Crippen LogP) is 7.86. The fourth-order valence-electron chi connectivity index (χ4n) is 6.53. The number of carbonyl (C=O) groups is 4. The van der Waals surface area contributed by atoms with Crippen molar-refractivity contribution in [1.29, 1.82) is 0 Å². The molecule has 15 heteroatoms. The summed E-state index contributed by atoms with van der Waals surface area (Å²) in [7, 11) is 0. The van der Waals surface area contributed by atoms with Crippen LogP contribution >= 0.6 is 0 Å². The number of hydrogen-bond acceptors (Lipinski definition) is 6. The first-order chi connectivity index (χ1) is 25.0. The number of carboxylic acids is 1. The summed E-state index contributed by atoms with van der Waals surface area (Å²) in [5.74, 6) is -14.5. The number of aromatic hydroxyl groups is 1. The van der Waals surface area contributed by atoms with Gasteiger partial charge >= 0.3 is 11.9 Å². The van der Waals surface area contributed by atoms with Gasteiger partial charge in [0.2, 0.25) is 0 Å². The van der Waals surface area contributed by atoms with E-state index in [1.807, 2.05) is 0 Å². The molecule has 1 atom stereocenters. The van der Waals surface area contributed by atoms with E-state index in [9.17, 15) is 51.3 Å². The number of aromatic nitrogens is 2. The number of fused-ring (bicyclic) bond motifs is 2. The Morgan fingerprint density at radius 2 is 1.21 bits per heavy atom. The summed E-state index contributed by atoms with van der Waals surface area (Å²) in [4.78, 5) is 52.8. The van der Waals surface area contributed by atoms with E-state index in [-0.39, 0.29) is 61.9 Å². The molecule has 272 valence electrons. The number of carbonyl (C=O) groups excluding carboxylic acids is 3. The number of phenols is 1. The number of esters is 1. The molecule has 2 N–H and O–H groups in total. The number of hydrogen-bond donors (Lipinski definition) is 2. The zero-order valence-corrected chi connectivity index (χ0v) is 27.9. The molecule has 0 aliphatic heterocycles. The van der Waals surface area contributed by atoms with Crippen molar-refractivity contribution < 1.29 is 60.5 Å². The Labute approximate surface area is 295 Å². The zero-order valence-electron chi connectivity index (χ0n) is 27.9. The van der Waals surface area contributed by atoms with Crippen LogP contribution in [-0.2, 0) is 16.0 Å². The molecule has 0 saturated carbocycles. The Hall–Kier alpha value is -6.38. The van der Waals surface area contributed by atoms with E-state index >= 15 is 4.39 Å². The number of carboxylic acid groups (broad SMARTS) is 1. The van der Waals surface area contributed by atoms with Gasteiger partial charge in [0.05, 0.1) is 23.4 Å². The van der Waals surface area contributed by atoms with Crippen LogP contribution in [-0.4, -0.2) is 43.1 Å². The van der Waals surface area contributed by atoms with Gasteiger partial charge in [0.25, 0.3) is 11.8 Å². The standard InChI is InChI=1S/C38H26F6N2O7/c1-4-20(35-17(3)46(31-14-28(43)32(47)11-23(31)35)37(51)19-6-8-25(40)27(42)10-19)38(52)53-33-12-22-21(13-34(48)49)16(2)45(30(22)15-29(33)44)36(50)18-5-7-24(39)26(41)9-18/h5-12,14-15,20,47H,4,13H2,1-3H3,(H,48,49). The molecule has 0 fully saturated rings. The second-order valence-corrected chi connectivity index (χ2v) is 12.2. The van der Waals surface area contributed by atoms with Gasteiger partial charge in [-0.25, -0.2) is 26.3 Å². The first-order valence-corrected chi connectivity index (χ1v) is 15.8. The van der Waals surface area contributed by atoms with Gasteiger partial charge in [-0.05, 0) is 79.9 Å². The summed E-state index contributed by atoms with van der Waals surface area (Å²) >= 11 is 0. The molecule has 6 aromatic rings. The quantitative estimate of drug-likeness (QED) is 0.0926. The van der Waals surface area contributed by atoms with Crippen LogP contribution in [0.2, 0.25) is 0 Å². The van der Waals surface area contributed by atoms with Crippen LogP contribution in [0.25, 0.3) is 21.8 Å². The molecule has 0 aliphatic carbocycles. The van der Waals surface area contributed by atoms with Crippen molar-refractivity contribution in [2.24, 2.45) is 0 Å². The molecule has 6 rings (SSSR count). The highest BCUT2D eigenvalue weighted by atomic mass is 19.2. The van der Waals surface area contributed by atoms with Crippen LogP contribution in [0, 0.1) is 48.8 Å². The van der Waals surface area contributed by atoms with Crippen molar-refractivity contribution in [3.05, 3.63) is 129 Å². The Balaban J connectivity index is 1.45. The molecule has 0 bridgehead atoms. The molecule has 2 heterocycles. The molecular weight excluding hydrogens is 710 g/mol. The number of halogens is 6. The molecule has 2 aromatic heterocycles. The topological polar surface area (TPSA) is 128 Å². The lowest BCUT2D eigenvalue weighted by Crippen LogP contribution is -2.20. The molecule has 0 amide bonds. The summed E-state index contributed by atoms with van der Waals surface area (Å²) in [6.45, 7) is 4.30. The maximum atomic E-state index is 15.8. The monoisotopic (exact) mass is 736 g/mol. The fourth-order valence-corrected chi connectivity index (χ4v) is 6.53. The van der Waals surface area contributed by atoms with Gasteiger partial charge in [-0.15, -0.1) is 0 Å². The third kappa shape index (κ3) is 6.27. The largest absolute Gasteiger partial charge is 0.505 e. The zero-order chi connectivity index (χ0) is 38.6. The number of nitrogens with zero attached hydrogens (tertiary/aromatic N) is 2. The summed E-state index contributed by atoms with van der Waals surface area (Å²) < 4.78 is 93.2. The van der Waals surface area contributed by atoms with Gasteiger partial charge < -0.3 is 14.9 Å². The predicted molar refractivity (Wildman–Crippen MR) is 177 cm³/mol. The molecule has 53 heavy (non-hydrogen) atoms. The SMILES string of the molecule is CCC(C(=O)Oc1cc2c(CC(=O)O)c(C)n(C(=O)c3ccc(F)c(F)c3)c2cc1F)c1c(C)n(C(=O)c2ccc(F)c(F)c2)c2cc(F)c(O)cc12. The lowest BCUT2D eigenvalue weighted by molar-refractivity contribution is -0.137. The summed E-state index contributed by atoms with van der Waals surface area (Å²) in [5, 5.41) is 19.9. The van der Waals surface area contributed by atoms with E-state index < -0.39 is 82.5 Å². The van der Waals surface area contributed by atoms with E-state index in [2.05, 4.69) is 0 Å². The maximum absolute atomic E-state index is 15.8. The second kappa shape index (κ2) is 13.6. The first kappa shape index (κ1) is 36.4. The van der Waals surface area contributed by atoms with Crippen molar-refractivity contribution in [2.75, 3.05) is 0 Å². The lowest BCUT2D eigenvalue weighted by atomic mass is 9.93. The van der Waals surface area contributed by atoms with Crippen LogP contribution in [0.3, 0.4) is 0 Å². The molecule has 4 aromatic carbocycles. The van der Waals surface area contributed by atoms with Crippen molar-refractivity contribution in [3.8, 4) is 11.5 Å². The average Bonchev–Trinajstić information content (AvgIpc) is 3.51. The van der Waals surface area contributed by atoms with Gasteiger partial charge in [-0.3, -0.25) is 28.3 Å². The molecule has 1 unspecified atom stereocenters. The fraction of sp³-hybridized carbons (Fsp3) is 0.158. The van der Waals surface area contributed by atoms with Gasteiger partial charge in [-0.2, -0.15) is 0 Å². The number of aliphatic carboxylic acids is 1. The Bertz CT molecular complexity index is 2560. The molecule has 0 aliphatic rings. The highest BCUT2D eigenvalue weighted by Gasteiger charge is 2.32. The van der Waals surface area contributed by atoms with Gasteiger partial charge in [0, 0.05) is 45.4 Å². The molecule has 9 nitrogen and oxygen atoms in total. The third-order valence-corrected chi connectivity index (χ3v) is 9.03.